The van der Waals surface area contributed by atoms with Gasteiger partial charge >= 0.3 is 355 Å². The molecule has 0 aliphatic carbocycles. The molecular formula is C58H59IN8O4S2Sn. The van der Waals surface area contributed by atoms with E-state index in [1.807, 2.05) is 59.3 Å². The van der Waals surface area contributed by atoms with Crippen molar-refractivity contribution in [2.45, 2.75) is 85.7 Å². The second-order valence-corrected chi connectivity index (χ2v) is 34.7. The van der Waals surface area contributed by atoms with Crippen LogP contribution in [0.15, 0.2) is 120 Å². The van der Waals surface area contributed by atoms with E-state index in [0.29, 0.717) is 52.4 Å². The second-order valence-electron chi connectivity index (χ2n) is 18.1. The molecule has 0 spiro atoms. The average molecular weight is 1240 g/mol. The Morgan fingerprint density at radius 2 is 1.05 bits per heavy atom. The van der Waals surface area contributed by atoms with E-state index in [1.54, 1.807) is 71.2 Å². The summed E-state index contributed by atoms with van der Waals surface area (Å²) < 4.78 is 17.0. The SMILES string of the molecule is CCC[CH2][Sn]([CH2]CCC)([CH2]CCC)[c]1ccc2nc(N(C(=O)c3ccc(OC)cc3)N(C(=O)c3ccc(OC)cc3)c3nc4ccc(I)cc4c(NCc4cccs4)c3C#N)c(C#N)c(NCc3cccs3)c2c1. The van der Waals surface area contributed by atoms with E-state index < -0.39 is 30.2 Å². The number of nitriles is 2. The van der Waals surface area contributed by atoms with Crippen LogP contribution in [0.25, 0.3) is 21.8 Å². The van der Waals surface area contributed by atoms with Gasteiger partial charge in [-0.15, -0.1) is 11.3 Å². The van der Waals surface area contributed by atoms with E-state index in [4.69, 9.17) is 19.4 Å². The molecule has 0 bridgehead atoms. The van der Waals surface area contributed by atoms with Gasteiger partial charge in [0.2, 0.25) is 0 Å². The summed E-state index contributed by atoms with van der Waals surface area (Å²) in [6.07, 6.45) is 6.88. The van der Waals surface area contributed by atoms with Crippen LogP contribution in [0.4, 0.5) is 23.0 Å². The van der Waals surface area contributed by atoms with Crippen LogP contribution in [-0.2, 0) is 13.1 Å². The molecule has 12 nitrogen and oxygen atoms in total. The topological polar surface area (TPSA) is 156 Å². The first kappa shape index (κ1) is 54.0. The molecule has 4 aromatic carbocycles. The molecule has 0 atom stereocenters. The summed E-state index contributed by atoms with van der Waals surface area (Å²) in [5.41, 5.74) is 2.25. The zero-order valence-electron chi connectivity index (χ0n) is 42.3. The number of rotatable bonds is 22. The number of pyridine rings is 2. The van der Waals surface area contributed by atoms with Crippen LogP contribution in [0.1, 0.15) is 101 Å². The monoisotopic (exact) mass is 1240 g/mol. The molecule has 0 saturated heterocycles. The molecule has 0 aliphatic rings. The molecule has 0 radical (unpaired) electrons. The third-order valence-corrected chi connectivity index (χ3v) is 31.5. The zero-order chi connectivity index (χ0) is 52.2. The van der Waals surface area contributed by atoms with Crippen LogP contribution >= 0.6 is 45.3 Å². The molecule has 8 rings (SSSR count). The predicted molar refractivity (Wildman–Crippen MR) is 313 cm³/mol. The predicted octanol–water partition coefficient (Wildman–Crippen LogP) is 14.5. The molecule has 0 aliphatic heterocycles. The number of hydrazine groups is 1. The minimum atomic E-state index is -3.11. The summed E-state index contributed by atoms with van der Waals surface area (Å²) in [5.74, 6) is -0.685. The number of methoxy groups -OCH3 is 2. The first-order chi connectivity index (χ1) is 36.1. The van der Waals surface area contributed by atoms with Gasteiger partial charge in [0.05, 0.1) is 14.2 Å². The van der Waals surface area contributed by atoms with E-state index >= 15 is 9.59 Å². The van der Waals surface area contributed by atoms with Crippen LogP contribution in [0.2, 0.25) is 13.3 Å². The van der Waals surface area contributed by atoms with Crippen LogP contribution < -0.4 is 33.7 Å². The summed E-state index contributed by atoms with van der Waals surface area (Å²) in [7, 11) is 3.08. The molecule has 16 heteroatoms. The summed E-state index contributed by atoms with van der Waals surface area (Å²) in [6, 6.07) is 38.1. The van der Waals surface area contributed by atoms with Gasteiger partial charge in [-0.1, -0.05) is 6.07 Å². The van der Waals surface area contributed by atoms with Gasteiger partial charge in [0.15, 0.2) is 0 Å². The Bertz CT molecular complexity index is 3300. The van der Waals surface area contributed by atoms with Crippen LogP contribution in [0, 0.1) is 26.2 Å². The fraction of sp³-hybridized carbons (Fsp3) is 0.276. The van der Waals surface area contributed by atoms with Crippen molar-refractivity contribution >= 4 is 124 Å². The number of carbonyl (C=O) groups excluding carboxylic acids is 2. The van der Waals surface area contributed by atoms with Crippen molar-refractivity contribution in [1.29, 1.82) is 10.5 Å². The van der Waals surface area contributed by atoms with Crippen LogP contribution in [0.3, 0.4) is 0 Å². The number of hydrogen-bond donors (Lipinski definition) is 2. The van der Waals surface area contributed by atoms with Crippen molar-refractivity contribution < 1.29 is 19.1 Å². The van der Waals surface area contributed by atoms with Gasteiger partial charge in [-0.25, -0.2) is 0 Å². The third kappa shape index (κ3) is 11.8. The Morgan fingerprint density at radius 3 is 1.45 bits per heavy atom. The zero-order valence-corrected chi connectivity index (χ0v) is 49.0. The quantitative estimate of drug-likeness (QED) is 0.0380. The summed E-state index contributed by atoms with van der Waals surface area (Å²) in [6.45, 7) is 7.56. The van der Waals surface area contributed by atoms with Gasteiger partial charge < -0.3 is 9.47 Å². The molecular weight excluding hydrogens is 1180 g/mol. The van der Waals surface area contributed by atoms with Gasteiger partial charge in [-0.3, -0.25) is 0 Å². The molecule has 0 fully saturated rings. The Kier molecular flexibility index (Phi) is 18.5. The number of ether oxygens (including phenoxy) is 2. The Balaban J connectivity index is 1.47. The first-order valence-electron chi connectivity index (χ1n) is 25.0. The average Bonchev–Trinajstić information content (AvgIpc) is 4.18. The van der Waals surface area contributed by atoms with E-state index in [0.717, 1.165) is 48.0 Å². The number of amides is 2. The standard InChI is InChI=1S/C46H32IN8O4S2.3C4H9.Sn/c1-58-31-16-11-28(12-17-31)45(56)54(43-37(24-48)41(50-26-33-7-5-21-60-33)35-9-3-4-10-39(35)52-43)55(46(57)29-13-18-32(59-2)19-14-29)44-38(25-49)42(51-27-34-8-6-22-61-34)36-23-30(47)15-20-40(36)53-44;3*1-3-4-2;/h4-23H,26-27H2,1-2H3,(H,50,52)(H,51,53);3*1,3-4H2,2H3;. The van der Waals surface area contributed by atoms with E-state index in [9.17, 15) is 10.5 Å². The number of carbonyl (C=O) groups is 2. The van der Waals surface area contributed by atoms with Crippen LogP contribution in [-0.4, -0.2) is 54.4 Å². The van der Waals surface area contributed by atoms with Crippen LogP contribution in [0.5, 0.6) is 11.5 Å². The van der Waals surface area contributed by atoms with Crippen molar-refractivity contribution in [2.24, 2.45) is 0 Å². The molecule has 4 heterocycles. The van der Waals surface area contributed by atoms with E-state index in [-0.39, 0.29) is 33.9 Å². The number of hydrogen-bond acceptors (Lipinski definition) is 12. The number of nitrogens with one attached hydrogen (secondary N) is 2. The van der Waals surface area contributed by atoms with Crippen molar-refractivity contribution in [2.75, 3.05) is 34.9 Å². The Labute approximate surface area is 459 Å². The van der Waals surface area contributed by atoms with Crippen molar-refractivity contribution in [3.63, 3.8) is 0 Å². The molecule has 4 aromatic heterocycles. The summed E-state index contributed by atoms with van der Waals surface area (Å²) >= 11 is 2.29. The van der Waals surface area contributed by atoms with Crippen molar-refractivity contribution in [3.8, 4) is 23.6 Å². The molecule has 2 N–H and O–H groups in total. The summed E-state index contributed by atoms with van der Waals surface area (Å²) in [5, 5.41) is 38.0. The van der Waals surface area contributed by atoms with Gasteiger partial charge in [0.1, 0.15) is 5.75 Å². The molecule has 0 unspecified atom stereocenters. The number of unbranched alkanes of at least 4 members (excludes halogenated alkanes) is 3. The summed E-state index contributed by atoms with van der Waals surface area (Å²) in [4.78, 5) is 44.4. The van der Waals surface area contributed by atoms with E-state index in [1.165, 1.54) is 50.4 Å². The fourth-order valence-electron chi connectivity index (χ4n) is 9.49. The molecule has 74 heavy (non-hydrogen) atoms. The number of aromatic nitrogens is 2. The van der Waals surface area contributed by atoms with E-state index in [2.05, 4.69) is 78.3 Å². The molecule has 2 amide bonds. The maximum absolute atomic E-state index is 16.0. The van der Waals surface area contributed by atoms with Gasteiger partial charge in [-0.2, -0.15) is 0 Å². The molecule has 378 valence electrons. The number of anilines is 4. The third-order valence-electron chi connectivity index (χ3n) is 13.5. The number of thiophene rings is 2. The van der Waals surface area contributed by atoms with Gasteiger partial charge in [0.25, 0.3) is 0 Å². The Hall–Kier alpha value is -6.25. The number of benzene rings is 4. The number of fused-ring (bicyclic) bond motifs is 2. The number of halogens is 1. The normalized spacial score (nSPS) is 11.2. The van der Waals surface area contributed by atoms with Crippen molar-refractivity contribution in [1.82, 2.24) is 9.97 Å². The fourth-order valence-corrected chi connectivity index (χ4v) is 27.2. The molecule has 0 saturated carbocycles. The van der Waals surface area contributed by atoms with Gasteiger partial charge in [0, 0.05) is 15.0 Å². The maximum atomic E-state index is 16.0. The first-order valence-corrected chi connectivity index (χ1v) is 35.3. The van der Waals surface area contributed by atoms with Gasteiger partial charge in [-0.05, 0) is 46.2 Å². The Morgan fingerprint density at radius 1 is 0.622 bits per heavy atom. The van der Waals surface area contributed by atoms with Crippen molar-refractivity contribution in [3.05, 3.63) is 156 Å². The number of nitrogens with zero attached hydrogens (tertiary/aromatic N) is 6. The second kappa shape index (κ2) is 25.3. The minimum absolute atomic E-state index is 0.000469. The molecule has 8 aromatic rings.